The zero-order valence-corrected chi connectivity index (χ0v) is 15.7. The summed E-state index contributed by atoms with van der Waals surface area (Å²) in [6.07, 6.45) is 3.11. The molecule has 1 heterocycles. The quantitative estimate of drug-likeness (QED) is 0.527. The van der Waals surface area contributed by atoms with Gasteiger partial charge in [0.05, 0.1) is 5.69 Å². The summed E-state index contributed by atoms with van der Waals surface area (Å²) in [5.74, 6) is 1.03. The Kier molecular flexibility index (Phi) is 5.33. The lowest BCUT2D eigenvalue weighted by molar-refractivity contribution is 0.644. The van der Waals surface area contributed by atoms with Crippen molar-refractivity contribution in [3.63, 3.8) is 0 Å². The molecule has 0 aliphatic heterocycles. The van der Waals surface area contributed by atoms with Crippen LogP contribution in [-0.2, 0) is 6.42 Å². The van der Waals surface area contributed by atoms with Gasteiger partial charge in [0, 0.05) is 17.7 Å². The normalized spacial score (nSPS) is 12.4. The van der Waals surface area contributed by atoms with E-state index < -0.39 is 0 Å². The molecule has 0 fully saturated rings. The second kappa shape index (κ2) is 7.65. The van der Waals surface area contributed by atoms with Crippen LogP contribution in [0.1, 0.15) is 48.9 Å². The van der Waals surface area contributed by atoms with Gasteiger partial charge >= 0.3 is 0 Å². The van der Waals surface area contributed by atoms with Gasteiger partial charge in [-0.05, 0) is 53.6 Å². The number of nitrogens with zero attached hydrogens (tertiary/aromatic N) is 1. The second-order valence-electron chi connectivity index (χ2n) is 7.35. The Balaban J connectivity index is 1.94. The molecule has 3 rings (SSSR count). The number of hydrogen-bond donors (Lipinski definition) is 0. The standard InChI is InChI=1S/C24H27N/c1-17(2)13-23-15-24(25-16-18(23)3)22-12-8-11-21(14-22)19(4)20-9-6-5-7-10-20/h5-12,14-17,19H,13H2,1-4H3. The Bertz CT molecular complexity index is 834. The minimum absolute atomic E-state index is 0.377. The van der Waals surface area contributed by atoms with Crippen LogP contribution in [0.15, 0.2) is 66.9 Å². The van der Waals surface area contributed by atoms with Gasteiger partial charge in [-0.25, -0.2) is 0 Å². The van der Waals surface area contributed by atoms with Crippen LogP contribution in [0.4, 0.5) is 0 Å². The summed E-state index contributed by atoms with van der Waals surface area (Å²) in [5.41, 5.74) is 7.63. The Hall–Kier alpha value is -2.41. The number of pyridine rings is 1. The average molecular weight is 329 g/mol. The maximum absolute atomic E-state index is 4.69. The van der Waals surface area contributed by atoms with Crippen LogP contribution in [0, 0.1) is 12.8 Å². The van der Waals surface area contributed by atoms with E-state index in [-0.39, 0.29) is 0 Å². The third-order valence-corrected chi connectivity index (χ3v) is 4.82. The van der Waals surface area contributed by atoms with Gasteiger partial charge in [-0.15, -0.1) is 0 Å². The van der Waals surface area contributed by atoms with Gasteiger partial charge in [0.2, 0.25) is 0 Å². The van der Waals surface area contributed by atoms with Crippen molar-refractivity contribution in [1.29, 1.82) is 0 Å². The molecule has 0 radical (unpaired) electrons. The van der Waals surface area contributed by atoms with E-state index in [2.05, 4.69) is 93.3 Å². The van der Waals surface area contributed by atoms with Crippen molar-refractivity contribution in [2.24, 2.45) is 5.92 Å². The monoisotopic (exact) mass is 329 g/mol. The molecule has 0 bridgehead atoms. The lowest BCUT2D eigenvalue weighted by atomic mass is 9.91. The fourth-order valence-corrected chi connectivity index (χ4v) is 3.28. The van der Waals surface area contributed by atoms with E-state index in [9.17, 15) is 0 Å². The summed E-state index contributed by atoms with van der Waals surface area (Å²) in [7, 11) is 0. The second-order valence-corrected chi connectivity index (χ2v) is 7.35. The average Bonchev–Trinajstić information content (AvgIpc) is 2.63. The van der Waals surface area contributed by atoms with Crippen LogP contribution in [0.2, 0.25) is 0 Å². The highest BCUT2D eigenvalue weighted by Crippen LogP contribution is 2.28. The van der Waals surface area contributed by atoms with Gasteiger partial charge in [-0.1, -0.05) is 69.3 Å². The lowest BCUT2D eigenvalue weighted by Gasteiger charge is -2.15. The minimum atomic E-state index is 0.377. The molecule has 0 amide bonds. The van der Waals surface area contributed by atoms with E-state index in [1.165, 1.54) is 27.8 Å². The van der Waals surface area contributed by atoms with Gasteiger partial charge in [-0.2, -0.15) is 0 Å². The van der Waals surface area contributed by atoms with Crippen LogP contribution in [-0.4, -0.2) is 4.98 Å². The molecule has 0 saturated heterocycles. The molecular formula is C24H27N. The van der Waals surface area contributed by atoms with Crippen LogP contribution >= 0.6 is 0 Å². The van der Waals surface area contributed by atoms with Crippen LogP contribution in [0.3, 0.4) is 0 Å². The van der Waals surface area contributed by atoms with Crippen molar-refractivity contribution in [3.8, 4) is 11.3 Å². The van der Waals surface area contributed by atoms with E-state index in [1.54, 1.807) is 0 Å². The van der Waals surface area contributed by atoms with E-state index in [0.717, 1.165) is 12.1 Å². The third-order valence-electron chi connectivity index (χ3n) is 4.82. The zero-order valence-electron chi connectivity index (χ0n) is 15.7. The first-order valence-electron chi connectivity index (χ1n) is 9.15. The van der Waals surface area contributed by atoms with Gasteiger partial charge in [0.15, 0.2) is 0 Å². The number of benzene rings is 2. The fraction of sp³-hybridized carbons (Fsp3) is 0.292. The maximum atomic E-state index is 4.69. The molecule has 3 aromatic rings. The summed E-state index contributed by atoms with van der Waals surface area (Å²) in [6, 6.07) is 21.8. The molecule has 0 aliphatic carbocycles. The van der Waals surface area contributed by atoms with E-state index in [0.29, 0.717) is 11.8 Å². The molecular weight excluding hydrogens is 302 g/mol. The summed E-state index contributed by atoms with van der Waals surface area (Å²) in [5, 5.41) is 0. The molecule has 0 saturated carbocycles. The van der Waals surface area contributed by atoms with Crippen molar-refractivity contribution in [1.82, 2.24) is 4.98 Å². The molecule has 1 aromatic heterocycles. The molecule has 0 aliphatic rings. The fourth-order valence-electron chi connectivity index (χ4n) is 3.28. The van der Waals surface area contributed by atoms with Gasteiger partial charge in [0.25, 0.3) is 0 Å². The van der Waals surface area contributed by atoms with Gasteiger partial charge in [0.1, 0.15) is 0 Å². The molecule has 2 aromatic carbocycles. The van der Waals surface area contributed by atoms with E-state index >= 15 is 0 Å². The first-order chi connectivity index (χ1) is 12.0. The zero-order chi connectivity index (χ0) is 17.8. The maximum Gasteiger partial charge on any atom is 0.0705 e. The third kappa shape index (κ3) is 4.17. The van der Waals surface area contributed by atoms with Crippen LogP contribution in [0.25, 0.3) is 11.3 Å². The largest absolute Gasteiger partial charge is 0.256 e. The Labute approximate surface area is 151 Å². The molecule has 0 N–H and O–H groups in total. The molecule has 1 unspecified atom stereocenters. The number of hydrogen-bond acceptors (Lipinski definition) is 1. The Morgan fingerprint density at radius 1 is 0.840 bits per heavy atom. The molecule has 128 valence electrons. The highest BCUT2D eigenvalue weighted by atomic mass is 14.7. The number of rotatable bonds is 5. The van der Waals surface area contributed by atoms with Crippen molar-refractivity contribution < 1.29 is 0 Å². The Morgan fingerprint density at radius 2 is 1.56 bits per heavy atom. The van der Waals surface area contributed by atoms with Crippen molar-refractivity contribution in [2.45, 2.75) is 40.0 Å². The summed E-state index contributed by atoms with van der Waals surface area (Å²) in [4.78, 5) is 4.69. The van der Waals surface area contributed by atoms with Crippen molar-refractivity contribution in [2.75, 3.05) is 0 Å². The molecule has 25 heavy (non-hydrogen) atoms. The highest BCUT2D eigenvalue weighted by molar-refractivity contribution is 5.62. The predicted octanol–water partition coefficient (Wildman–Crippen LogP) is 6.41. The predicted molar refractivity (Wildman–Crippen MR) is 107 cm³/mol. The SMILES string of the molecule is Cc1cnc(-c2cccc(C(C)c3ccccc3)c2)cc1CC(C)C. The van der Waals surface area contributed by atoms with Gasteiger partial charge < -0.3 is 0 Å². The van der Waals surface area contributed by atoms with Crippen LogP contribution in [0.5, 0.6) is 0 Å². The summed E-state index contributed by atoms with van der Waals surface area (Å²) >= 11 is 0. The summed E-state index contributed by atoms with van der Waals surface area (Å²) < 4.78 is 0. The van der Waals surface area contributed by atoms with Crippen molar-refractivity contribution in [3.05, 3.63) is 89.1 Å². The number of aryl methyl sites for hydroxylation is 1. The van der Waals surface area contributed by atoms with E-state index in [1.807, 2.05) is 6.20 Å². The first-order valence-corrected chi connectivity index (χ1v) is 9.15. The van der Waals surface area contributed by atoms with E-state index in [4.69, 9.17) is 0 Å². The first kappa shape index (κ1) is 17.4. The molecule has 0 spiro atoms. The Morgan fingerprint density at radius 3 is 2.28 bits per heavy atom. The minimum Gasteiger partial charge on any atom is -0.256 e. The molecule has 1 heteroatoms. The molecule has 1 atom stereocenters. The smallest absolute Gasteiger partial charge is 0.0705 e. The van der Waals surface area contributed by atoms with Crippen LogP contribution < -0.4 is 0 Å². The highest BCUT2D eigenvalue weighted by Gasteiger charge is 2.11. The van der Waals surface area contributed by atoms with Gasteiger partial charge in [-0.3, -0.25) is 4.98 Å². The summed E-state index contributed by atoms with van der Waals surface area (Å²) in [6.45, 7) is 8.95. The molecule has 1 nitrogen and oxygen atoms in total. The topological polar surface area (TPSA) is 12.9 Å². The lowest BCUT2D eigenvalue weighted by Crippen LogP contribution is -2.00. The van der Waals surface area contributed by atoms with Crippen molar-refractivity contribution >= 4 is 0 Å². The number of aromatic nitrogens is 1.